The zero-order chi connectivity index (χ0) is 14.0. The molecule has 0 radical (unpaired) electrons. The van der Waals surface area contributed by atoms with Crippen LogP contribution in [0.5, 0.6) is 0 Å². The summed E-state index contributed by atoms with van der Waals surface area (Å²) in [4.78, 5) is 30.0. The molecule has 0 saturated carbocycles. The monoisotopic (exact) mass is 261 g/mol. The van der Waals surface area contributed by atoms with E-state index in [1.54, 1.807) is 11.1 Å². The van der Waals surface area contributed by atoms with Crippen LogP contribution in [0.2, 0.25) is 0 Å². The van der Waals surface area contributed by atoms with Gasteiger partial charge in [-0.3, -0.25) is 15.1 Å². The summed E-state index contributed by atoms with van der Waals surface area (Å²) in [6, 6.07) is 3.50. The summed E-state index contributed by atoms with van der Waals surface area (Å²) in [5.74, 6) is -0.198. The van der Waals surface area contributed by atoms with E-state index in [1.807, 2.05) is 32.9 Å². The lowest BCUT2D eigenvalue weighted by molar-refractivity contribution is -0.127. The van der Waals surface area contributed by atoms with Crippen LogP contribution in [0.15, 0.2) is 18.3 Å². The van der Waals surface area contributed by atoms with Crippen LogP contribution in [0.3, 0.4) is 0 Å². The molecule has 1 fully saturated rings. The molecule has 0 aromatic carbocycles. The molecule has 1 saturated heterocycles. The van der Waals surface area contributed by atoms with Crippen LogP contribution in [0.4, 0.5) is 4.79 Å². The maximum atomic E-state index is 12.1. The summed E-state index contributed by atoms with van der Waals surface area (Å²) in [5, 5.41) is 2.42. The Balaban J connectivity index is 2.34. The van der Waals surface area contributed by atoms with Gasteiger partial charge in [-0.2, -0.15) is 0 Å². The molecule has 2 rings (SSSR count). The lowest BCUT2D eigenvalue weighted by Gasteiger charge is -2.33. The van der Waals surface area contributed by atoms with Crippen molar-refractivity contribution in [2.24, 2.45) is 0 Å². The Labute approximate surface area is 113 Å². The van der Waals surface area contributed by atoms with Crippen molar-refractivity contribution in [1.82, 2.24) is 15.2 Å². The maximum Gasteiger partial charge on any atom is 0.325 e. The van der Waals surface area contributed by atoms with Crippen molar-refractivity contribution in [2.75, 3.05) is 0 Å². The fraction of sp³-hybridized carbons (Fsp3) is 0.500. The number of hydrogen-bond acceptors (Lipinski definition) is 3. The van der Waals surface area contributed by atoms with Gasteiger partial charge in [0, 0.05) is 6.20 Å². The number of rotatable bonds is 4. The average molecular weight is 261 g/mol. The molecule has 5 nitrogen and oxygen atoms in total. The second kappa shape index (κ2) is 4.99. The van der Waals surface area contributed by atoms with Crippen LogP contribution in [0, 0.1) is 6.92 Å². The van der Waals surface area contributed by atoms with E-state index < -0.39 is 5.54 Å². The van der Waals surface area contributed by atoms with Crippen LogP contribution in [0.25, 0.3) is 0 Å². The zero-order valence-electron chi connectivity index (χ0n) is 11.6. The highest BCUT2D eigenvalue weighted by atomic mass is 16.2. The number of imide groups is 1. The van der Waals surface area contributed by atoms with Crippen molar-refractivity contribution in [3.63, 3.8) is 0 Å². The highest BCUT2D eigenvalue weighted by molar-refractivity contribution is 6.06. The Morgan fingerprint density at radius 1 is 1.32 bits per heavy atom. The number of aromatic nitrogens is 1. The molecule has 1 aromatic heterocycles. The van der Waals surface area contributed by atoms with Crippen molar-refractivity contribution >= 4 is 11.9 Å². The van der Waals surface area contributed by atoms with Gasteiger partial charge in [0.15, 0.2) is 0 Å². The third-order valence-electron chi connectivity index (χ3n) is 4.00. The maximum absolute atomic E-state index is 12.1. The number of nitrogens with zero attached hydrogens (tertiary/aromatic N) is 2. The summed E-state index contributed by atoms with van der Waals surface area (Å²) >= 11 is 0. The molecule has 0 bridgehead atoms. The second-order valence-corrected chi connectivity index (χ2v) is 4.85. The number of aryl methyl sites for hydroxylation is 1. The van der Waals surface area contributed by atoms with Crippen molar-refractivity contribution in [3.8, 4) is 0 Å². The highest BCUT2D eigenvalue weighted by Gasteiger charge is 2.50. The molecule has 2 heterocycles. The Morgan fingerprint density at radius 2 is 2.00 bits per heavy atom. The van der Waals surface area contributed by atoms with Gasteiger partial charge in [-0.1, -0.05) is 19.9 Å². The first-order chi connectivity index (χ1) is 9.05. The van der Waals surface area contributed by atoms with E-state index in [2.05, 4.69) is 10.3 Å². The fourth-order valence-electron chi connectivity index (χ4n) is 2.61. The van der Waals surface area contributed by atoms with Gasteiger partial charge in [-0.25, -0.2) is 4.79 Å². The summed E-state index contributed by atoms with van der Waals surface area (Å²) in [7, 11) is 0. The topological polar surface area (TPSA) is 62.3 Å². The zero-order valence-corrected chi connectivity index (χ0v) is 11.6. The molecule has 0 atom stereocenters. The van der Waals surface area contributed by atoms with E-state index in [9.17, 15) is 9.59 Å². The van der Waals surface area contributed by atoms with Crippen LogP contribution in [-0.2, 0) is 11.3 Å². The Morgan fingerprint density at radius 3 is 2.58 bits per heavy atom. The first kappa shape index (κ1) is 13.5. The summed E-state index contributed by atoms with van der Waals surface area (Å²) in [5.41, 5.74) is 1.12. The molecule has 0 aliphatic carbocycles. The van der Waals surface area contributed by atoms with Crippen LogP contribution < -0.4 is 5.32 Å². The normalized spacial score (nSPS) is 17.7. The van der Waals surface area contributed by atoms with Crippen LogP contribution >= 0.6 is 0 Å². The van der Waals surface area contributed by atoms with Crippen molar-refractivity contribution < 1.29 is 9.59 Å². The molecule has 1 N–H and O–H groups in total. The number of carbonyl (C=O) groups is 2. The molecule has 102 valence electrons. The lowest BCUT2D eigenvalue weighted by Crippen LogP contribution is -2.48. The molecule has 1 aliphatic heterocycles. The minimum atomic E-state index is -0.735. The third kappa shape index (κ3) is 2.09. The molecule has 0 spiro atoms. The largest absolute Gasteiger partial charge is 0.325 e. The number of amides is 3. The van der Waals surface area contributed by atoms with Crippen molar-refractivity contribution in [2.45, 2.75) is 45.7 Å². The highest BCUT2D eigenvalue weighted by Crippen LogP contribution is 2.30. The summed E-state index contributed by atoms with van der Waals surface area (Å²) in [6.45, 7) is 6.18. The predicted octanol–water partition coefficient (Wildman–Crippen LogP) is 2.00. The van der Waals surface area contributed by atoms with Gasteiger partial charge in [-0.05, 0) is 31.4 Å². The van der Waals surface area contributed by atoms with Gasteiger partial charge in [-0.15, -0.1) is 0 Å². The van der Waals surface area contributed by atoms with Gasteiger partial charge >= 0.3 is 6.03 Å². The SMILES string of the molecule is CCC1(CC)C(=O)NC(=O)N1Cc1ncccc1C. The number of hydrogen-bond donors (Lipinski definition) is 1. The molecule has 19 heavy (non-hydrogen) atoms. The Bertz CT molecular complexity index is 509. The van der Waals surface area contributed by atoms with E-state index in [-0.39, 0.29) is 11.9 Å². The molecule has 5 heteroatoms. The minimum Gasteiger partial charge on any atom is -0.304 e. The quantitative estimate of drug-likeness (QED) is 0.843. The molecular formula is C14H19N3O2. The fourth-order valence-corrected chi connectivity index (χ4v) is 2.61. The van der Waals surface area contributed by atoms with Crippen molar-refractivity contribution in [3.05, 3.63) is 29.6 Å². The Kier molecular flexibility index (Phi) is 3.55. The number of nitrogens with one attached hydrogen (secondary N) is 1. The third-order valence-corrected chi connectivity index (χ3v) is 4.00. The van der Waals surface area contributed by atoms with Gasteiger partial charge < -0.3 is 4.90 Å². The lowest BCUT2D eigenvalue weighted by atomic mass is 9.91. The first-order valence-corrected chi connectivity index (χ1v) is 6.58. The van der Waals surface area contributed by atoms with Crippen molar-refractivity contribution in [1.29, 1.82) is 0 Å². The Hall–Kier alpha value is -1.91. The molecule has 3 amide bonds. The standard InChI is InChI=1S/C14H19N3O2/c1-4-14(5-2)12(18)16-13(19)17(14)9-11-10(3)7-6-8-15-11/h6-8H,4-5,9H2,1-3H3,(H,16,18,19). The number of urea groups is 1. The second-order valence-electron chi connectivity index (χ2n) is 4.85. The number of carbonyl (C=O) groups excluding carboxylic acids is 2. The predicted molar refractivity (Wildman–Crippen MR) is 71.4 cm³/mol. The smallest absolute Gasteiger partial charge is 0.304 e. The van der Waals surface area contributed by atoms with E-state index in [1.165, 1.54) is 0 Å². The molecular weight excluding hydrogens is 242 g/mol. The van der Waals surface area contributed by atoms with Crippen LogP contribution in [0.1, 0.15) is 37.9 Å². The van der Waals surface area contributed by atoms with E-state index in [0.717, 1.165) is 11.3 Å². The summed E-state index contributed by atoms with van der Waals surface area (Å²) < 4.78 is 0. The van der Waals surface area contributed by atoms with E-state index in [4.69, 9.17) is 0 Å². The summed E-state index contributed by atoms with van der Waals surface area (Å²) in [6.07, 6.45) is 2.91. The van der Waals surface area contributed by atoms with E-state index in [0.29, 0.717) is 19.4 Å². The molecule has 0 unspecified atom stereocenters. The number of pyridine rings is 1. The van der Waals surface area contributed by atoms with Gasteiger partial charge in [0.2, 0.25) is 0 Å². The van der Waals surface area contributed by atoms with Gasteiger partial charge in [0.25, 0.3) is 5.91 Å². The van der Waals surface area contributed by atoms with Gasteiger partial charge in [0.1, 0.15) is 5.54 Å². The first-order valence-electron chi connectivity index (χ1n) is 6.58. The van der Waals surface area contributed by atoms with Gasteiger partial charge in [0.05, 0.1) is 12.2 Å². The van der Waals surface area contributed by atoms with Crippen LogP contribution in [-0.4, -0.2) is 27.4 Å². The minimum absolute atomic E-state index is 0.198. The molecule has 1 aromatic rings. The average Bonchev–Trinajstić information content (AvgIpc) is 2.64. The van der Waals surface area contributed by atoms with E-state index >= 15 is 0 Å². The molecule has 1 aliphatic rings.